The van der Waals surface area contributed by atoms with Crippen LogP contribution in [0.15, 0.2) is 71.3 Å². The lowest BCUT2D eigenvalue weighted by molar-refractivity contribution is 0.0766. The van der Waals surface area contributed by atoms with E-state index >= 15 is 0 Å². The van der Waals surface area contributed by atoms with E-state index in [9.17, 15) is 14.0 Å². The molecule has 0 bridgehead atoms. The summed E-state index contributed by atoms with van der Waals surface area (Å²) in [4.78, 5) is 29.2. The Balaban J connectivity index is 1.41. The average Bonchev–Trinajstić information content (AvgIpc) is 3.19. The summed E-state index contributed by atoms with van der Waals surface area (Å²) in [6.07, 6.45) is 2.25. The molecule has 1 aliphatic rings. The van der Waals surface area contributed by atoms with Crippen molar-refractivity contribution in [3.05, 3.63) is 84.1 Å². The number of anilines is 2. The quantitative estimate of drug-likeness (QED) is 0.709. The molecule has 154 valence electrons. The summed E-state index contributed by atoms with van der Waals surface area (Å²) in [5.74, 6) is -0.496. The number of hydrogen-bond donors (Lipinski definition) is 1. The number of amides is 2. The minimum atomic E-state index is -0.366. The number of hydrogen-bond acceptors (Lipinski definition) is 4. The van der Waals surface area contributed by atoms with Gasteiger partial charge in [-0.3, -0.25) is 9.59 Å². The summed E-state index contributed by atoms with van der Waals surface area (Å²) < 4.78 is 18.3. The van der Waals surface area contributed by atoms with Gasteiger partial charge in [0, 0.05) is 43.1 Å². The molecule has 7 heteroatoms. The summed E-state index contributed by atoms with van der Waals surface area (Å²) in [6, 6.07) is 16.5. The van der Waals surface area contributed by atoms with E-state index in [1.54, 1.807) is 48.5 Å². The van der Waals surface area contributed by atoms with Crippen molar-refractivity contribution in [2.45, 2.75) is 6.42 Å². The number of nitrogens with zero attached hydrogens (tertiary/aromatic N) is 2. The van der Waals surface area contributed by atoms with Gasteiger partial charge in [-0.2, -0.15) is 0 Å². The molecule has 0 radical (unpaired) electrons. The van der Waals surface area contributed by atoms with E-state index in [1.807, 2.05) is 4.90 Å². The van der Waals surface area contributed by atoms with Crippen LogP contribution in [0, 0.1) is 5.82 Å². The van der Waals surface area contributed by atoms with Gasteiger partial charge in [0.2, 0.25) is 0 Å². The number of nitrogens with one attached hydrogen (secondary N) is 1. The van der Waals surface area contributed by atoms with Gasteiger partial charge in [0.15, 0.2) is 5.76 Å². The third-order valence-corrected chi connectivity index (χ3v) is 5.09. The highest BCUT2D eigenvalue weighted by atomic mass is 19.1. The molecular formula is C23H22FN3O3. The molecule has 2 aromatic carbocycles. The first-order valence-electron chi connectivity index (χ1n) is 9.85. The molecule has 3 aromatic rings. The second-order valence-corrected chi connectivity index (χ2v) is 7.12. The molecule has 0 saturated carbocycles. The largest absolute Gasteiger partial charge is 0.459 e. The molecule has 1 aliphatic heterocycles. The first-order chi connectivity index (χ1) is 14.6. The molecule has 2 amide bonds. The topological polar surface area (TPSA) is 65.8 Å². The second-order valence-electron chi connectivity index (χ2n) is 7.12. The number of carbonyl (C=O) groups is 2. The Hall–Kier alpha value is -3.61. The number of halogens is 1. The third kappa shape index (κ3) is 4.51. The highest BCUT2D eigenvalue weighted by Crippen LogP contribution is 2.19. The van der Waals surface area contributed by atoms with Gasteiger partial charge in [-0.05, 0) is 61.0 Å². The van der Waals surface area contributed by atoms with Crippen LogP contribution in [0.4, 0.5) is 15.8 Å². The van der Waals surface area contributed by atoms with Crippen molar-refractivity contribution in [1.82, 2.24) is 4.90 Å². The minimum Gasteiger partial charge on any atom is -0.459 e. The van der Waals surface area contributed by atoms with E-state index in [-0.39, 0.29) is 23.4 Å². The van der Waals surface area contributed by atoms with Crippen molar-refractivity contribution in [3.63, 3.8) is 0 Å². The molecule has 0 aliphatic carbocycles. The van der Waals surface area contributed by atoms with E-state index < -0.39 is 0 Å². The van der Waals surface area contributed by atoms with E-state index in [0.29, 0.717) is 30.9 Å². The maximum atomic E-state index is 13.2. The normalized spacial score (nSPS) is 14.3. The number of benzene rings is 2. The van der Waals surface area contributed by atoms with Crippen molar-refractivity contribution in [1.29, 1.82) is 0 Å². The zero-order valence-electron chi connectivity index (χ0n) is 16.4. The standard InChI is InChI=1S/C23H22FN3O3/c24-18-7-9-20(10-8-18)26-11-3-12-27(14-13-26)23(29)17-4-1-5-19(16-17)25-22(28)21-6-2-15-30-21/h1-2,4-10,15-16H,3,11-14H2,(H,25,28). The van der Waals surface area contributed by atoms with Crippen LogP contribution >= 0.6 is 0 Å². The maximum Gasteiger partial charge on any atom is 0.291 e. The van der Waals surface area contributed by atoms with Crippen LogP contribution in [0.3, 0.4) is 0 Å². The molecular weight excluding hydrogens is 385 g/mol. The lowest BCUT2D eigenvalue weighted by Gasteiger charge is -2.24. The van der Waals surface area contributed by atoms with Gasteiger partial charge >= 0.3 is 0 Å². The van der Waals surface area contributed by atoms with Crippen molar-refractivity contribution in [2.75, 3.05) is 36.4 Å². The lowest BCUT2D eigenvalue weighted by Crippen LogP contribution is -2.35. The van der Waals surface area contributed by atoms with Crippen LogP contribution in [-0.2, 0) is 0 Å². The second kappa shape index (κ2) is 8.82. The molecule has 30 heavy (non-hydrogen) atoms. The highest BCUT2D eigenvalue weighted by molar-refractivity contribution is 6.03. The van der Waals surface area contributed by atoms with Crippen LogP contribution < -0.4 is 10.2 Å². The highest BCUT2D eigenvalue weighted by Gasteiger charge is 2.21. The Morgan fingerprint density at radius 3 is 2.53 bits per heavy atom. The Bertz CT molecular complexity index is 1020. The average molecular weight is 407 g/mol. The predicted octanol–water partition coefficient (Wildman–Crippen LogP) is 4.02. The van der Waals surface area contributed by atoms with E-state index in [2.05, 4.69) is 10.2 Å². The fourth-order valence-electron chi connectivity index (χ4n) is 3.54. The van der Waals surface area contributed by atoms with Gasteiger partial charge in [-0.15, -0.1) is 0 Å². The fraction of sp³-hybridized carbons (Fsp3) is 0.217. The first-order valence-corrected chi connectivity index (χ1v) is 9.85. The van der Waals surface area contributed by atoms with E-state index in [1.165, 1.54) is 18.4 Å². The predicted molar refractivity (Wildman–Crippen MR) is 112 cm³/mol. The SMILES string of the molecule is O=C(Nc1cccc(C(=O)N2CCCN(c3ccc(F)cc3)CC2)c1)c1ccco1. The Kier molecular flexibility index (Phi) is 5.79. The molecule has 4 rings (SSSR count). The molecule has 0 unspecified atom stereocenters. The lowest BCUT2D eigenvalue weighted by atomic mass is 10.1. The van der Waals surface area contributed by atoms with E-state index in [0.717, 1.165) is 18.7 Å². The van der Waals surface area contributed by atoms with Crippen LogP contribution in [0.5, 0.6) is 0 Å². The van der Waals surface area contributed by atoms with Crippen LogP contribution in [0.1, 0.15) is 27.3 Å². The summed E-state index contributed by atoms with van der Waals surface area (Å²) in [5, 5.41) is 2.75. The molecule has 2 heterocycles. The molecule has 6 nitrogen and oxygen atoms in total. The molecule has 1 aromatic heterocycles. The van der Waals surface area contributed by atoms with Gasteiger partial charge in [0.05, 0.1) is 6.26 Å². The van der Waals surface area contributed by atoms with Crippen LogP contribution in [0.25, 0.3) is 0 Å². The smallest absolute Gasteiger partial charge is 0.291 e. The number of rotatable bonds is 4. The van der Waals surface area contributed by atoms with Gasteiger partial charge in [-0.25, -0.2) is 4.39 Å². The maximum absolute atomic E-state index is 13.2. The first kappa shape index (κ1) is 19.7. The number of carbonyl (C=O) groups excluding carboxylic acids is 2. The summed E-state index contributed by atoms with van der Waals surface area (Å²) >= 11 is 0. The zero-order chi connectivity index (χ0) is 20.9. The minimum absolute atomic E-state index is 0.0787. The number of furan rings is 1. The Morgan fingerprint density at radius 1 is 0.933 bits per heavy atom. The zero-order valence-corrected chi connectivity index (χ0v) is 16.4. The van der Waals surface area contributed by atoms with Gasteiger partial charge in [0.1, 0.15) is 5.82 Å². The summed E-state index contributed by atoms with van der Waals surface area (Å²) in [7, 11) is 0. The van der Waals surface area contributed by atoms with Crippen LogP contribution in [0.2, 0.25) is 0 Å². The van der Waals surface area contributed by atoms with Crippen molar-refractivity contribution >= 4 is 23.2 Å². The van der Waals surface area contributed by atoms with Gasteiger partial charge in [-0.1, -0.05) is 6.07 Å². The Labute approximate surface area is 173 Å². The summed E-state index contributed by atoms with van der Waals surface area (Å²) in [6.45, 7) is 2.68. The molecule has 0 atom stereocenters. The molecule has 1 fully saturated rings. The van der Waals surface area contributed by atoms with Crippen molar-refractivity contribution in [2.24, 2.45) is 0 Å². The van der Waals surface area contributed by atoms with Gasteiger partial charge in [0.25, 0.3) is 11.8 Å². The van der Waals surface area contributed by atoms with E-state index in [4.69, 9.17) is 4.42 Å². The Morgan fingerprint density at radius 2 is 1.77 bits per heavy atom. The van der Waals surface area contributed by atoms with Crippen LogP contribution in [-0.4, -0.2) is 42.9 Å². The monoisotopic (exact) mass is 407 g/mol. The van der Waals surface area contributed by atoms with Crippen molar-refractivity contribution in [3.8, 4) is 0 Å². The third-order valence-electron chi connectivity index (χ3n) is 5.09. The fourth-order valence-corrected chi connectivity index (χ4v) is 3.54. The molecule has 1 saturated heterocycles. The summed E-state index contributed by atoms with van der Waals surface area (Å²) in [5.41, 5.74) is 2.00. The van der Waals surface area contributed by atoms with Gasteiger partial charge < -0.3 is 19.5 Å². The molecule has 0 spiro atoms. The molecule has 1 N–H and O–H groups in total. The van der Waals surface area contributed by atoms with Crippen molar-refractivity contribution < 1.29 is 18.4 Å².